The molecule has 4 rings (SSSR count). The number of nitrogens with two attached hydrogens (primary N) is 1. The van der Waals surface area contributed by atoms with E-state index in [4.69, 9.17) is 10.5 Å². The van der Waals surface area contributed by atoms with E-state index < -0.39 is 0 Å². The molecule has 0 bridgehead atoms. The molecule has 0 aliphatic rings. The van der Waals surface area contributed by atoms with Crippen LogP contribution in [0.2, 0.25) is 0 Å². The lowest BCUT2D eigenvalue weighted by atomic mass is 9.97. The molecule has 0 spiro atoms. The Hall–Kier alpha value is -4.00. The zero-order valence-electron chi connectivity index (χ0n) is 16.0. The summed E-state index contributed by atoms with van der Waals surface area (Å²) in [4.78, 5) is 25.2. The van der Waals surface area contributed by atoms with Crippen LogP contribution in [-0.4, -0.2) is 28.0 Å². The molecule has 0 aliphatic heterocycles. The normalized spacial score (nSPS) is 10.7. The second-order valence-electron chi connectivity index (χ2n) is 6.55. The largest absolute Gasteiger partial charge is 0.480 e. The van der Waals surface area contributed by atoms with Gasteiger partial charge in [0.25, 0.3) is 5.91 Å². The number of pyridine rings is 1. The summed E-state index contributed by atoms with van der Waals surface area (Å²) in [5, 5.41) is 3.73. The number of nitrogen functional groups attached to an aromatic ring is 1. The lowest BCUT2D eigenvalue weighted by molar-refractivity contribution is 0.102. The molecule has 0 saturated carbocycles. The van der Waals surface area contributed by atoms with Gasteiger partial charge in [0.1, 0.15) is 5.69 Å². The molecular weight excluding hydrogens is 366 g/mol. The molecule has 0 aliphatic carbocycles. The number of benzene rings is 2. The molecule has 3 N–H and O–H groups in total. The van der Waals surface area contributed by atoms with Crippen molar-refractivity contribution in [1.82, 2.24) is 15.0 Å². The summed E-state index contributed by atoms with van der Waals surface area (Å²) >= 11 is 0. The molecule has 29 heavy (non-hydrogen) atoms. The summed E-state index contributed by atoms with van der Waals surface area (Å²) in [7, 11) is 1.51. The van der Waals surface area contributed by atoms with E-state index in [2.05, 4.69) is 20.3 Å². The predicted molar refractivity (Wildman–Crippen MR) is 113 cm³/mol. The third-order valence-corrected chi connectivity index (χ3v) is 4.62. The monoisotopic (exact) mass is 385 g/mol. The molecule has 0 radical (unpaired) electrons. The lowest BCUT2D eigenvalue weighted by Gasteiger charge is -2.12. The van der Waals surface area contributed by atoms with Crippen molar-refractivity contribution in [3.8, 4) is 17.0 Å². The summed E-state index contributed by atoms with van der Waals surface area (Å²) in [5.74, 6) is 0.363. The SMILES string of the molecule is COc1ncccc1NC(=O)c1ccc(C)c(-c2ccc3nc(N)ncc3c2)c1. The quantitative estimate of drug-likeness (QED) is 0.553. The summed E-state index contributed by atoms with van der Waals surface area (Å²) in [6, 6.07) is 14.9. The van der Waals surface area contributed by atoms with Crippen LogP contribution in [0.15, 0.2) is 60.9 Å². The van der Waals surface area contributed by atoms with E-state index in [1.165, 1.54) is 7.11 Å². The Morgan fingerprint density at radius 2 is 1.97 bits per heavy atom. The Bertz CT molecular complexity index is 1220. The van der Waals surface area contributed by atoms with Crippen LogP contribution in [0.1, 0.15) is 15.9 Å². The van der Waals surface area contributed by atoms with E-state index in [-0.39, 0.29) is 11.9 Å². The predicted octanol–water partition coefficient (Wildman–Crippen LogP) is 3.84. The molecule has 0 unspecified atom stereocenters. The van der Waals surface area contributed by atoms with Gasteiger partial charge in [-0.1, -0.05) is 12.1 Å². The van der Waals surface area contributed by atoms with Crippen LogP contribution in [0.25, 0.3) is 22.0 Å². The smallest absolute Gasteiger partial charge is 0.255 e. The molecule has 0 saturated heterocycles. The molecule has 2 heterocycles. The number of hydrogen-bond acceptors (Lipinski definition) is 6. The van der Waals surface area contributed by atoms with Crippen LogP contribution in [-0.2, 0) is 0 Å². The highest BCUT2D eigenvalue weighted by Crippen LogP contribution is 2.28. The minimum absolute atomic E-state index is 0.241. The first-order valence-electron chi connectivity index (χ1n) is 8.99. The van der Waals surface area contributed by atoms with Crippen molar-refractivity contribution in [3.63, 3.8) is 0 Å². The van der Waals surface area contributed by atoms with E-state index in [9.17, 15) is 4.79 Å². The maximum Gasteiger partial charge on any atom is 0.255 e. The van der Waals surface area contributed by atoms with Crippen LogP contribution in [0.5, 0.6) is 5.88 Å². The fourth-order valence-corrected chi connectivity index (χ4v) is 3.13. The number of aromatic nitrogens is 3. The zero-order valence-corrected chi connectivity index (χ0v) is 16.0. The molecule has 7 heteroatoms. The fourth-order valence-electron chi connectivity index (χ4n) is 3.13. The highest BCUT2D eigenvalue weighted by atomic mass is 16.5. The number of methoxy groups -OCH3 is 1. The fraction of sp³-hybridized carbons (Fsp3) is 0.0909. The molecule has 2 aromatic heterocycles. The first kappa shape index (κ1) is 18.4. The third-order valence-electron chi connectivity index (χ3n) is 4.62. The topological polar surface area (TPSA) is 103 Å². The first-order valence-corrected chi connectivity index (χ1v) is 8.99. The van der Waals surface area contributed by atoms with Gasteiger partial charge in [0, 0.05) is 23.3 Å². The van der Waals surface area contributed by atoms with E-state index in [0.29, 0.717) is 17.1 Å². The van der Waals surface area contributed by atoms with Crippen molar-refractivity contribution in [3.05, 3.63) is 72.1 Å². The minimum Gasteiger partial charge on any atom is -0.480 e. The maximum absolute atomic E-state index is 12.8. The van der Waals surface area contributed by atoms with Crippen LogP contribution in [0.3, 0.4) is 0 Å². The first-order chi connectivity index (χ1) is 14.0. The zero-order chi connectivity index (χ0) is 20.4. The number of anilines is 2. The van der Waals surface area contributed by atoms with Crippen molar-refractivity contribution >= 4 is 28.4 Å². The number of fused-ring (bicyclic) bond motifs is 1. The van der Waals surface area contributed by atoms with E-state index >= 15 is 0 Å². The maximum atomic E-state index is 12.8. The second-order valence-corrected chi connectivity index (χ2v) is 6.55. The van der Waals surface area contributed by atoms with E-state index in [0.717, 1.165) is 27.6 Å². The van der Waals surface area contributed by atoms with Gasteiger partial charge in [0.15, 0.2) is 0 Å². The van der Waals surface area contributed by atoms with Gasteiger partial charge >= 0.3 is 0 Å². The molecular formula is C22H19N5O2. The van der Waals surface area contributed by atoms with E-state index in [1.807, 2.05) is 37.3 Å². The van der Waals surface area contributed by atoms with Gasteiger partial charge in [0.2, 0.25) is 11.8 Å². The molecule has 0 fully saturated rings. The van der Waals surface area contributed by atoms with Crippen molar-refractivity contribution < 1.29 is 9.53 Å². The highest BCUT2D eigenvalue weighted by molar-refractivity contribution is 6.05. The molecule has 1 amide bonds. The Morgan fingerprint density at radius 1 is 1.10 bits per heavy atom. The summed E-state index contributed by atoms with van der Waals surface area (Å²) in [6.07, 6.45) is 3.30. The molecule has 2 aromatic carbocycles. The summed E-state index contributed by atoms with van der Waals surface area (Å²) < 4.78 is 5.20. The van der Waals surface area contributed by atoms with Crippen molar-refractivity contribution in [2.75, 3.05) is 18.2 Å². The minimum atomic E-state index is -0.241. The van der Waals surface area contributed by atoms with Crippen molar-refractivity contribution in [1.29, 1.82) is 0 Å². The number of carbonyl (C=O) groups excluding carboxylic acids is 1. The number of rotatable bonds is 4. The van der Waals surface area contributed by atoms with Gasteiger partial charge in [-0.2, -0.15) is 0 Å². The second kappa shape index (κ2) is 7.55. The van der Waals surface area contributed by atoms with Crippen LogP contribution in [0, 0.1) is 6.92 Å². The Balaban J connectivity index is 1.69. The van der Waals surface area contributed by atoms with Crippen LogP contribution in [0.4, 0.5) is 11.6 Å². The van der Waals surface area contributed by atoms with E-state index in [1.54, 1.807) is 30.6 Å². The lowest BCUT2D eigenvalue weighted by Crippen LogP contribution is -2.13. The molecule has 4 aromatic rings. The van der Waals surface area contributed by atoms with Gasteiger partial charge < -0.3 is 15.8 Å². The number of nitrogens with one attached hydrogen (secondary N) is 1. The number of amides is 1. The number of carbonyl (C=O) groups is 1. The average molecular weight is 385 g/mol. The van der Waals surface area contributed by atoms with Gasteiger partial charge in [-0.25, -0.2) is 15.0 Å². The number of ether oxygens (including phenoxy) is 1. The van der Waals surface area contributed by atoms with Crippen LogP contribution >= 0.6 is 0 Å². The molecule has 7 nitrogen and oxygen atoms in total. The Kier molecular flexibility index (Phi) is 4.78. The van der Waals surface area contributed by atoms with Gasteiger partial charge in [-0.15, -0.1) is 0 Å². The van der Waals surface area contributed by atoms with Gasteiger partial charge in [-0.05, 0) is 60.0 Å². The van der Waals surface area contributed by atoms with Crippen LogP contribution < -0.4 is 15.8 Å². The average Bonchev–Trinajstić information content (AvgIpc) is 2.74. The standard InChI is InChI=1S/C22H19N5O2/c1-13-5-6-15(20(28)26-19-4-3-9-24-21(19)29-2)11-17(13)14-7-8-18-16(10-14)12-25-22(23)27-18/h3-12H,1-2H3,(H,26,28)(H2,23,25,27). The number of hydrogen-bond donors (Lipinski definition) is 2. The molecule has 144 valence electrons. The van der Waals surface area contributed by atoms with Crippen molar-refractivity contribution in [2.45, 2.75) is 6.92 Å². The summed E-state index contributed by atoms with van der Waals surface area (Å²) in [6.45, 7) is 2.00. The summed E-state index contributed by atoms with van der Waals surface area (Å²) in [5.41, 5.74) is 10.5. The van der Waals surface area contributed by atoms with Crippen molar-refractivity contribution in [2.24, 2.45) is 0 Å². The highest BCUT2D eigenvalue weighted by Gasteiger charge is 2.13. The third kappa shape index (κ3) is 3.70. The number of nitrogens with zero attached hydrogens (tertiary/aromatic N) is 3. The Labute approximate surface area is 167 Å². The Morgan fingerprint density at radius 3 is 2.79 bits per heavy atom. The molecule has 0 atom stereocenters. The van der Waals surface area contributed by atoms with Gasteiger partial charge in [0.05, 0.1) is 12.6 Å². The number of aryl methyl sites for hydroxylation is 1. The van der Waals surface area contributed by atoms with Gasteiger partial charge in [-0.3, -0.25) is 4.79 Å².